The summed E-state index contributed by atoms with van der Waals surface area (Å²) in [7, 11) is 8.25. The van der Waals surface area contributed by atoms with Crippen LogP contribution >= 0.6 is 0 Å². The van der Waals surface area contributed by atoms with E-state index in [4.69, 9.17) is 5.73 Å². The fourth-order valence-electron chi connectivity index (χ4n) is 1.53. The van der Waals surface area contributed by atoms with Crippen LogP contribution in [0.2, 0.25) is 0 Å². The topological polar surface area (TPSA) is 32.3 Å². The summed E-state index contributed by atoms with van der Waals surface area (Å²) in [6.45, 7) is 0. The molecule has 82 valence electrons. The number of amidine groups is 1. The molecule has 15 heavy (non-hydrogen) atoms. The first-order valence-electron chi connectivity index (χ1n) is 5.05. The van der Waals surface area contributed by atoms with E-state index in [1.165, 1.54) is 11.4 Å². The Balaban J connectivity index is 2.85. The Hall–Kier alpha value is -1.51. The lowest BCUT2D eigenvalue weighted by Gasteiger charge is -2.11. The van der Waals surface area contributed by atoms with Crippen LogP contribution in [-0.2, 0) is 6.42 Å². The number of nitrogen functional groups attached to an aromatic ring is 1. The molecule has 0 heterocycles. The number of hydrogen-bond donors (Lipinski definition) is 1. The Labute approximate surface area is 91.8 Å². The van der Waals surface area contributed by atoms with E-state index in [1.807, 2.05) is 12.1 Å². The minimum absolute atomic E-state index is 0.815. The zero-order valence-corrected chi connectivity index (χ0v) is 9.99. The molecule has 0 fully saturated rings. The van der Waals surface area contributed by atoms with Gasteiger partial charge in [0.2, 0.25) is 5.84 Å². The third kappa shape index (κ3) is 3.27. The minimum Gasteiger partial charge on any atom is -0.399 e. The van der Waals surface area contributed by atoms with Gasteiger partial charge in [-0.2, -0.15) is 0 Å². The van der Waals surface area contributed by atoms with Gasteiger partial charge in [-0.3, -0.25) is 9.48 Å². The van der Waals surface area contributed by atoms with Crippen molar-refractivity contribution in [2.24, 2.45) is 0 Å². The smallest absolute Gasteiger partial charge is 0.250 e. The van der Waals surface area contributed by atoms with Gasteiger partial charge in [-0.25, -0.2) is 0 Å². The highest BCUT2D eigenvalue weighted by Crippen LogP contribution is 2.07. The molecule has 0 aliphatic heterocycles. The average Bonchev–Trinajstić information content (AvgIpc) is 2.15. The van der Waals surface area contributed by atoms with Crippen molar-refractivity contribution in [3.8, 4) is 0 Å². The van der Waals surface area contributed by atoms with Gasteiger partial charge in [0.15, 0.2) is 0 Å². The summed E-state index contributed by atoms with van der Waals surface area (Å²) in [6.07, 6.45) is 0.931. The van der Waals surface area contributed by atoms with Crippen LogP contribution in [0, 0.1) is 0 Å². The first kappa shape index (κ1) is 11.6. The van der Waals surface area contributed by atoms with Crippen molar-refractivity contribution in [1.29, 1.82) is 0 Å². The lowest BCUT2D eigenvalue weighted by molar-refractivity contribution is -0.470. The van der Waals surface area contributed by atoms with E-state index in [9.17, 15) is 0 Å². The van der Waals surface area contributed by atoms with Gasteiger partial charge in [-0.1, -0.05) is 12.1 Å². The van der Waals surface area contributed by atoms with Gasteiger partial charge in [0.1, 0.15) is 0 Å². The molecule has 0 radical (unpaired) electrons. The molecular formula is C12H20N3+. The summed E-state index contributed by atoms with van der Waals surface area (Å²) in [4.78, 5) is 2.14. The lowest BCUT2D eigenvalue weighted by atomic mass is 10.1. The Morgan fingerprint density at radius 1 is 1.20 bits per heavy atom. The average molecular weight is 206 g/mol. The minimum atomic E-state index is 0.815. The van der Waals surface area contributed by atoms with Crippen LogP contribution in [0.25, 0.3) is 0 Å². The van der Waals surface area contributed by atoms with Crippen molar-refractivity contribution in [3.63, 3.8) is 0 Å². The molecule has 0 saturated heterocycles. The van der Waals surface area contributed by atoms with Crippen molar-refractivity contribution in [3.05, 3.63) is 29.8 Å². The van der Waals surface area contributed by atoms with Gasteiger partial charge in [0.05, 0.1) is 34.6 Å². The molecule has 3 heteroatoms. The third-order valence-electron chi connectivity index (χ3n) is 2.37. The first-order valence-corrected chi connectivity index (χ1v) is 5.05. The molecule has 3 nitrogen and oxygen atoms in total. The number of hydrogen-bond acceptors (Lipinski definition) is 1. The molecule has 0 amide bonds. The summed E-state index contributed by atoms with van der Waals surface area (Å²) in [6, 6.07) is 8.03. The molecule has 1 aromatic carbocycles. The number of nitrogens with two attached hydrogens (primary N) is 1. The highest BCUT2D eigenvalue weighted by Gasteiger charge is 2.11. The monoisotopic (exact) mass is 206 g/mol. The van der Waals surface area contributed by atoms with Gasteiger partial charge in [0.25, 0.3) is 0 Å². The lowest BCUT2D eigenvalue weighted by Crippen LogP contribution is -2.31. The Morgan fingerprint density at radius 3 is 2.13 bits per heavy atom. The quantitative estimate of drug-likeness (QED) is 0.339. The molecule has 0 unspecified atom stereocenters. The van der Waals surface area contributed by atoms with Gasteiger partial charge >= 0.3 is 0 Å². The predicted molar refractivity (Wildman–Crippen MR) is 65.4 cm³/mol. The second-order valence-corrected chi connectivity index (χ2v) is 4.12. The molecule has 0 atom stereocenters. The SMILES string of the molecule is CN(C)C(Cc1ccc(N)cc1)=[N+](C)C. The van der Waals surface area contributed by atoms with Crippen molar-refractivity contribution in [1.82, 2.24) is 4.90 Å². The fourth-order valence-corrected chi connectivity index (χ4v) is 1.53. The normalized spacial score (nSPS) is 9.87. The van der Waals surface area contributed by atoms with Crippen LogP contribution in [0.4, 0.5) is 5.69 Å². The van der Waals surface area contributed by atoms with Gasteiger partial charge in [-0.05, 0) is 17.7 Å². The fraction of sp³-hybridized carbons (Fsp3) is 0.417. The number of likely N-dealkylation sites (N-methyl/N-ethyl adjacent to an activating group) is 1. The van der Waals surface area contributed by atoms with Crippen molar-refractivity contribution in [2.45, 2.75) is 6.42 Å². The summed E-state index contributed by atoms with van der Waals surface area (Å²) < 4.78 is 2.14. The van der Waals surface area contributed by atoms with Crippen LogP contribution in [0.3, 0.4) is 0 Å². The zero-order valence-electron chi connectivity index (χ0n) is 9.99. The van der Waals surface area contributed by atoms with Gasteiger partial charge in [-0.15, -0.1) is 0 Å². The van der Waals surface area contributed by atoms with E-state index in [2.05, 4.69) is 49.8 Å². The molecule has 0 bridgehead atoms. The summed E-state index contributed by atoms with van der Waals surface area (Å²) in [5.74, 6) is 1.28. The molecule has 0 aliphatic rings. The van der Waals surface area contributed by atoms with Gasteiger partial charge in [0, 0.05) is 5.69 Å². The van der Waals surface area contributed by atoms with E-state index >= 15 is 0 Å². The van der Waals surface area contributed by atoms with Crippen LogP contribution in [0.5, 0.6) is 0 Å². The number of nitrogens with zero attached hydrogens (tertiary/aromatic N) is 2. The Bertz CT molecular complexity index is 346. The van der Waals surface area contributed by atoms with E-state index in [0.29, 0.717) is 0 Å². The maximum atomic E-state index is 5.65. The van der Waals surface area contributed by atoms with E-state index in [0.717, 1.165) is 12.1 Å². The van der Waals surface area contributed by atoms with E-state index in [-0.39, 0.29) is 0 Å². The number of rotatable bonds is 2. The second-order valence-electron chi connectivity index (χ2n) is 4.12. The largest absolute Gasteiger partial charge is 0.399 e. The second kappa shape index (κ2) is 4.82. The zero-order chi connectivity index (χ0) is 11.4. The van der Waals surface area contributed by atoms with E-state index in [1.54, 1.807) is 0 Å². The summed E-state index contributed by atoms with van der Waals surface area (Å²) in [5.41, 5.74) is 7.74. The maximum absolute atomic E-state index is 5.65. The molecule has 2 N–H and O–H groups in total. The maximum Gasteiger partial charge on any atom is 0.250 e. The molecular weight excluding hydrogens is 186 g/mol. The van der Waals surface area contributed by atoms with Crippen molar-refractivity contribution in [2.75, 3.05) is 33.9 Å². The van der Waals surface area contributed by atoms with E-state index < -0.39 is 0 Å². The number of benzene rings is 1. The third-order valence-corrected chi connectivity index (χ3v) is 2.37. The van der Waals surface area contributed by atoms with Crippen LogP contribution in [0.15, 0.2) is 24.3 Å². The number of anilines is 1. The first-order chi connectivity index (χ1) is 7.00. The van der Waals surface area contributed by atoms with Crippen LogP contribution in [0.1, 0.15) is 5.56 Å². The standard InChI is InChI=1S/C12H20N3/c1-14(2)12(15(3)4)9-10-5-7-11(13)8-6-10/h5-8H,9,13H2,1-4H3/q+1. The van der Waals surface area contributed by atoms with Crippen molar-refractivity contribution < 1.29 is 4.58 Å². The van der Waals surface area contributed by atoms with Gasteiger partial charge < -0.3 is 5.73 Å². The Kier molecular flexibility index (Phi) is 3.72. The Morgan fingerprint density at radius 2 is 1.73 bits per heavy atom. The predicted octanol–water partition coefficient (Wildman–Crippen LogP) is 1.04. The molecule has 1 aromatic rings. The van der Waals surface area contributed by atoms with Crippen LogP contribution < -0.4 is 5.73 Å². The molecule has 0 spiro atoms. The summed E-state index contributed by atoms with van der Waals surface area (Å²) in [5, 5.41) is 0. The molecule has 0 aromatic heterocycles. The van der Waals surface area contributed by atoms with Crippen LogP contribution in [-0.4, -0.2) is 43.5 Å². The highest BCUT2D eigenvalue weighted by molar-refractivity contribution is 5.79. The molecule has 1 rings (SSSR count). The molecule has 0 aliphatic carbocycles. The van der Waals surface area contributed by atoms with Crippen molar-refractivity contribution >= 4 is 11.5 Å². The highest BCUT2D eigenvalue weighted by atomic mass is 15.2. The molecule has 0 saturated carbocycles. The summed E-state index contributed by atoms with van der Waals surface area (Å²) >= 11 is 0.